The summed E-state index contributed by atoms with van der Waals surface area (Å²) in [7, 11) is 0. The first-order chi connectivity index (χ1) is 14.2. The molecule has 2 saturated heterocycles. The zero-order valence-electron chi connectivity index (χ0n) is 16.4. The Balaban J connectivity index is 1.19. The van der Waals surface area contributed by atoms with Gasteiger partial charge in [0.25, 0.3) is 0 Å². The summed E-state index contributed by atoms with van der Waals surface area (Å²) in [6.07, 6.45) is 5.22. The van der Waals surface area contributed by atoms with Crippen LogP contribution >= 0.6 is 11.5 Å². The Bertz CT molecular complexity index is 988. The Morgan fingerprint density at radius 1 is 1.24 bits per heavy atom. The maximum atomic E-state index is 12.9. The van der Waals surface area contributed by atoms with E-state index in [9.17, 15) is 4.79 Å². The van der Waals surface area contributed by atoms with Crippen molar-refractivity contribution in [2.45, 2.75) is 31.5 Å². The van der Waals surface area contributed by atoms with E-state index in [1.807, 2.05) is 41.7 Å². The van der Waals surface area contributed by atoms with Crippen LogP contribution in [0.3, 0.4) is 0 Å². The molecule has 0 radical (unpaired) electrons. The molecule has 1 amide bonds. The summed E-state index contributed by atoms with van der Waals surface area (Å²) < 4.78 is 12.5. The minimum Gasteiger partial charge on any atom is -0.370 e. The SMILES string of the molecule is O=C(CCn1cnc2ccccc21)N1CCOC2(CCN(Cc3cnsc3)C2)C1. The monoisotopic (exact) mass is 411 g/mol. The maximum Gasteiger partial charge on any atom is 0.224 e. The molecule has 0 saturated carbocycles. The van der Waals surface area contributed by atoms with Crippen LogP contribution in [0.15, 0.2) is 42.2 Å². The molecule has 1 unspecified atom stereocenters. The largest absolute Gasteiger partial charge is 0.370 e. The Labute approximate surface area is 174 Å². The number of fused-ring (bicyclic) bond motifs is 1. The number of ether oxygens (including phenoxy) is 1. The molecule has 2 aliphatic heterocycles. The van der Waals surface area contributed by atoms with Crippen LogP contribution in [0.2, 0.25) is 0 Å². The Morgan fingerprint density at radius 3 is 3.07 bits per heavy atom. The van der Waals surface area contributed by atoms with Crippen molar-refractivity contribution in [1.29, 1.82) is 0 Å². The van der Waals surface area contributed by atoms with Gasteiger partial charge in [0.15, 0.2) is 0 Å². The van der Waals surface area contributed by atoms with Gasteiger partial charge in [0.2, 0.25) is 5.91 Å². The van der Waals surface area contributed by atoms with Gasteiger partial charge in [-0.15, -0.1) is 0 Å². The van der Waals surface area contributed by atoms with E-state index in [0.29, 0.717) is 32.7 Å². The molecule has 1 spiro atoms. The number of aryl methyl sites for hydroxylation is 1. The second kappa shape index (κ2) is 7.85. The summed E-state index contributed by atoms with van der Waals surface area (Å²) >= 11 is 1.49. The number of hydrogen-bond acceptors (Lipinski definition) is 6. The minimum absolute atomic E-state index is 0.200. The topological polar surface area (TPSA) is 63.5 Å². The number of rotatable bonds is 5. The zero-order chi connectivity index (χ0) is 19.7. The summed E-state index contributed by atoms with van der Waals surface area (Å²) in [5, 5.41) is 2.10. The van der Waals surface area contributed by atoms with E-state index in [2.05, 4.69) is 24.2 Å². The fraction of sp³-hybridized carbons (Fsp3) is 0.476. The van der Waals surface area contributed by atoms with Gasteiger partial charge in [-0.2, -0.15) is 0 Å². The van der Waals surface area contributed by atoms with Crippen molar-refractivity contribution < 1.29 is 9.53 Å². The van der Waals surface area contributed by atoms with Crippen molar-refractivity contribution in [3.8, 4) is 0 Å². The number of carbonyl (C=O) groups excluding carboxylic acids is 1. The first-order valence-electron chi connectivity index (χ1n) is 10.1. The first-order valence-corrected chi connectivity index (χ1v) is 11.0. The Morgan fingerprint density at radius 2 is 2.17 bits per heavy atom. The molecule has 0 aliphatic carbocycles. The Hall–Kier alpha value is -2.29. The molecule has 2 fully saturated rings. The second-order valence-corrected chi connectivity index (χ2v) is 8.67. The zero-order valence-corrected chi connectivity index (χ0v) is 17.2. The summed E-state index contributed by atoms with van der Waals surface area (Å²) in [6, 6.07) is 8.04. The molecule has 0 bridgehead atoms. The van der Waals surface area contributed by atoms with Crippen molar-refractivity contribution in [2.75, 3.05) is 32.8 Å². The van der Waals surface area contributed by atoms with Crippen LogP contribution in [0.4, 0.5) is 0 Å². The standard InChI is InChI=1S/C21H25N5O2S/c27-20(5-7-26-16-22-18-3-1-2-4-19(18)26)25-9-10-28-21(15-25)6-8-24(14-21)12-17-11-23-29-13-17/h1-4,11,13,16H,5-10,12,14-15H2. The summed E-state index contributed by atoms with van der Waals surface area (Å²) in [5.41, 5.74) is 3.08. The predicted octanol–water partition coefficient (Wildman–Crippen LogP) is 2.39. The molecule has 2 aliphatic rings. The van der Waals surface area contributed by atoms with Gasteiger partial charge in [-0.1, -0.05) is 12.1 Å². The number of para-hydroxylation sites is 2. The lowest BCUT2D eigenvalue weighted by Gasteiger charge is -2.40. The Kier molecular flexibility index (Phi) is 5.07. The number of aromatic nitrogens is 3. The maximum absolute atomic E-state index is 12.9. The van der Waals surface area contributed by atoms with Crippen molar-refractivity contribution in [1.82, 2.24) is 23.7 Å². The van der Waals surface area contributed by atoms with Crippen LogP contribution in [0, 0.1) is 0 Å². The lowest BCUT2D eigenvalue weighted by molar-refractivity contribution is -0.149. The van der Waals surface area contributed by atoms with E-state index in [0.717, 1.165) is 37.1 Å². The van der Waals surface area contributed by atoms with Crippen molar-refractivity contribution >= 4 is 28.5 Å². The third-order valence-corrected chi connectivity index (χ3v) is 6.62. The third kappa shape index (κ3) is 3.92. The quantitative estimate of drug-likeness (QED) is 0.645. The van der Waals surface area contributed by atoms with Gasteiger partial charge in [0, 0.05) is 50.7 Å². The van der Waals surface area contributed by atoms with Crippen LogP contribution in [-0.4, -0.2) is 68.0 Å². The summed E-state index contributed by atoms with van der Waals surface area (Å²) in [6.45, 7) is 5.42. The van der Waals surface area contributed by atoms with Crippen LogP contribution < -0.4 is 0 Å². The summed E-state index contributed by atoms with van der Waals surface area (Å²) in [4.78, 5) is 21.7. The molecule has 4 heterocycles. The smallest absolute Gasteiger partial charge is 0.224 e. The van der Waals surface area contributed by atoms with Gasteiger partial charge in [-0.3, -0.25) is 9.69 Å². The molecule has 1 atom stereocenters. The highest BCUT2D eigenvalue weighted by Crippen LogP contribution is 2.30. The average Bonchev–Trinajstić information content (AvgIpc) is 3.48. The molecular formula is C21H25N5O2S. The van der Waals surface area contributed by atoms with E-state index in [1.54, 1.807) is 0 Å². The molecule has 8 heteroatoms. The third-order valence-electron chi connectivity index (χ3n) is 5.98. The highest BCUT2D eigenvalue weighted by Gasteiger charge is 2.43. The molecule has 7 nitrogen and oxygen atoms in total. The lowest BCUT2D eigenvalue weighted by Crippen LogP contribution is -2.55. The van der Waals surface area contributed by atoms with Gasteiger partial charge < -0.3 is 14.2 Å². The van der Waals surface area contributed by atoms with Crippen molar-refractivity contribution in [2.24, 2.45) is 0 Å². The van der Waals surface area contributed by atoms with Crippen molar-refractivity contribution in [3.63, 3.8) is 0 Å². The highest BCUT2D eigenvalue weighted by atomic mass is 32.1. The number of carbonyl (C=O) groups is 1. The average molecular weight is 412 g/mol. The molecule has 3 aromatic rings. The normalized spacial score (nSPS) is 22.7. The number of likely N-dealkylation sites (tertiary alicyclic amines) is 1. The van der Waals surface area contributed by atoms with Crippen molar-refractivity contribution in [3.05, 3.63) is 47.7 Å². The van der Waals surface area contributed by atoms with Crippen LogP contribution in [0.5, 0.6) is 0 Å². The van der Waals surface area contributed by atoms with Gasteiger partial charge in [-0.05, 0) is 35.6 Å². The molecule has 29 heavy (non-hydrogen) atoms. The number of nitrogens with zero attached hydrogens (tertiary/aromatic N) is 5. The molecule has 2 aromatic heterocycles. The van der Waals surface area contributed by atoms with Crippen LogP contribution in [-0.2, 0) is 22.6 Å². The van der Waals surface area contributed by atoms with Crippen LogP contribution in [0.25, 0.3) is 11.0 Å². The van der Waals surface area contributed by atoms with Gasteiger partial charge >= 0.3 is 0 Å². The number of amides is 1. The molecular weight excluding hydrogens is 386 g/mol. The molecule has 152 valence electrons. The minimum atomic E-state index is -0.223. The predicted molar refractivity (Wildman–Crippen MR) is 112 cm³/mol. The number of benzene rings is 1. The number of morpholine rings is 1. The fourth-order valence-corrected chi connectivity index (χ4v) is 5.02. The van der Waals surface area contributed by atoms with E-state index >= 15 is 0 Å². The fourth-order valence-electron chi connectivity index (χ4n) is 4.49. The molecule has 1 aromatic carbocycles. The summed E-state index contributed by atoms with van der Waals surface area (Å²) in [5.74, 6) is 0.200. The highest BCUT2D eigenvalue weighted by molar-refractivity contribution is 7.03. The number of hydrogen-bond donors (Lipinski definition) is 0. The van der Waals surface area contributed by atoms with Gasteiger partial charge in [0.05, 0.1) is 36.1 Å². The van der Waals surface area contributed by atoms with Crippen LogP contribution in [0.1, 0.15) is 18.4 Å². The van der Waals surface area contributed by atoms with Gasteiger partial charge in [0.1, 0.15) is 0 Å². The molecule has 5 rings (SSSR count). The molecule has 0 N–H and O–H groups in total. The van der Waals surface area contributed by atoms with E-state index < -0.39 is 0 Å². The van der Waals surface area contributed by atoms with E-state index in [4.69, 9.17) is 4.74 Å². The lowest BCUT2D eigenvalue weighted by atomic mass is 10.0. The van der Waals surface area contributed by atoms with E-state index in [-0.39, 0.29) is 11.5 Å². The second-order valence-electron chi connectivity index (χ2n) is 8.02. The first kappa shape index (κ1) is 18.7. The van der Waals surface area contributed by atoms with E-state index in [1.165, 1.54) is 17.1 Å². The van der Waals surface area contributed by atoms with Gasteiger partial charge in [-0.25, -0.2) is 9.36 Å². The number of imidazole rings is 1.